The minimum absolute atomic E-state index is 0.0371. The summed E-state index contributed by atoms with van der Waals surface area (Å²) in [4.78, 5) is 2.37. The molecule has 0 fully saturated rings. The van der Waals surface area contributed by atoms with E-state index in [0.717, 1.165) is 29.8 Å². The zero-order valence-corrected chi connectivity index (χ0v) is 18.7. The van der Waals surface area contributed by atoms with E-state index in [-0.39, 0.29) is 6.04 Å². The molecule has 2 aliphatic rings. The maximum Gasteiger partial charge on any atom is 0.141 e. The molecule has 0 saturated carbocycles. The minimum atomic E-state index is 0.0371. The van der Waals surface area contributed by atoms with Crippen molar-refractivity contribution in [3.8, 4) is 0 Å². The number of dihydropyridines is 1. The highest BCUT2D eigenvalue weighted by molar-refractivity contribution is 6.06. The van der Waals surface area contributed by atoms with Crippen LogP contribution in [0, 0.1) is 0 Å². The number of anilines is 1. The molecule has 0 amide bonds. The Morgan fingerprint density at radius 1 is 0.939 bits per heavy atom. The molecule has 0 spiro atoms. The van der Waals surface area contributed by atoms with Gasteiger partial charge in [0, 0.05) is 40.3 Å². The van der Waals surface area contributed by atoms with Crippen LogP contribution < -0.4 is 10.2 Å². The molecular weight excluding hydrogens is 404 g/mol. The van der Waals surface area contributed by atoms with E-state index in [1.165, 1.54) is 33.2 Å². The third-order valence-electron chi connectivity index (χ3n) is 6.58. The van der Waals surface area contributed by atoms with Crippen molar-refractivity contribution in [2.24, 2.45) is 0 Å². The number of para-hydroxylation sites is 2. The van der Waals surface area contributed by atoms with Gasteiger partial charge in [-0.3, -0.25) is 0 Å². The summed E-state index contributed by atoms with van der Waals surface area (Å²) in [5, 5.41) is 5.87. The van der Waals surface area contributed by atoms with Gasteiger partial charge >= 0.3 is 0 Å². The Hall–Kier alpha value is -3.98. The lowest BCUT2D eigenvalue weighted by Gasteiger charge is -2.34. The van der Waals surface area contributed by atoms with Crippen LogP contribution in [0.2, 0.25) is 0 Å². The van der Waals surface area contributed by atoms with Crippen molar-refractivity contribution >= 4 is 33.3 Å². The Labute approximate surface area is 194 Å². The monoisotopic (exact) mass is 430 g/mol. The van der Waals surface area contributed by atoms with Gasteiger partial charge < -0.3 is 14.6 Å². The van der Waals surface area contributed by atoms with Crippen LogP contribution >= 0.6 is 0 Å². The number of nitrogens with zero attached hydrogens (tertiary/aromatic N) is 1. The summed E-state index contributed by atoms with van der Waals surface area (Å²) < 4.78 is 6.49. The molecule has 3 heterocycles. The van der Waals surface area contributed by atoms with Gasteiger partial charge in [0.1, 0.15) is 11.2 Å². The lowest BCUT2D eigenvalue weighted by Crippen LogP contribution is -2.26. The summed E-state index contributed by atoms with van der Waals surface area (Å²) in [5.74, 6) is 0. The molecule has 6 rings (SSSR count). The molecule has 162 valence electrons. The molecule has 0 bridgehead atoms. The van der Waals surface area contributed by atoms with E-state index in [0.29, 0.717) is 0 Å². The van der Waals surface area contributed by atoms with Gasteiger partial charge in [0.25, 0.3) is 0 Å². The first-order valence-corrected chi connectivity index (χ1v) is 11.6. The third kappa shape index (κ3) is 3.28. The first kappa shape index (κ1) is 19.7. The van der Waals surface area contributed by atoms with Crippen LogP contribution in [0.1, 0.15) is 29.7 Å². The van der Waals surface area contributed by atoms with Gasteiger partial charge in [0.15, 0.2) is 0 Å². The molecular formula is C30H26N2O. The van der Waals surface area contributed by atoms with Crippen molar-refractivity contribution in [1.82, 2.24) is 5.32 Å². The number of fused-ring (bicyclic) bond motifs is 3. The van der Waals surface area contributed by atoms with Gasteiger partial charge in [-0.1, -0.05) is 79.8 Å². The maximum absolute atomic E-state index is 6.49. The number of allylic oxidation sites excluding steroid dienone is 4. The van der Waals surface area contributed by atoms with E-state index in [4.69, 9.17) is 4.42 Å². The second-order valence-corrected chi connectivity index (χ2v) is 8.45. The zero-order valence-electron chi connectivity index (χ0n) is 18.7. The summed E-state index contributed by atoms with van der Waals surface area (Å²) in [6.07, 6.45) is 16.1. The van der Waals surface area contributed by atoms with Crippen LogP contribution in [0.3, 0.4) is 0 Å². The normalized spacial score (nSPS) is 17.5. The molecule has 3 nitrogen and oxygen atoms in total. The van der Waals surface area contributed by atoms with E-state index in [1.807, 2.05) is 6.07 Å². The minimum Gasteiger partial charge on any atom is -0.456 e. The molecule has 0 radical (unpaired) electrons. The predicted octanol–water partition coefficient (Wildman–Crippen LogP) is 7.28. The lowest BCUT2D eigenvalue weighted by molar-refractivity contribution is 0.654. The predicted molar refractivity (Wildman–Crippen MR) is 138 cm³/mol. The van der Waals surface area contributed by atoms with Crippen molar-refractivity contribution in [3.63, 3.8) is 0 Å². The maximum atomic E-state index is 6.49. The molecule has 0 saturated heterocycles. The SMILES string of the molecule is CCc1ccc2c(oc3ccccc32)c1C1C=CC=CN1c1ccccc1C1=CC=CCN1. The molecule has 3 heteroatoms. The second-order valence-electron chi connectivity index (χ2n) is 8.45. The molecule has 33 heavy (non-hydrogen) atoms. The third-order valence-corrected chi connectivity index (χ3v) is 6.58. The Kier molecular flexibility index (Phi) is 4.88. The number of nitrogens with one attached hydrogen (secondary N) is 1. The number of benzene rings is 3. The van der Waals surface area contributed by atoms with Crippen molar-refractivity contribution in [1.29, 1.82) is 0 Å². The van der Waals surface area contributed by atoms with E-state index in [9.17, 15) is 0 Å². The molecule has 2 aliphatic heterocycles. The second kappa shape index (κ2) is 8.18. The van der Waals surface area contributed by atoms with Crippen LogP contribution in [0.4, 0.5) is 5.69 Å². The van der Waals surface area contributed by atoms with Gasteiger partial charge in [-0.15, -0.1) is 0 Å². The number of aryl methyl sites for hydroxylation is 1. The summed E-state index contributed by atoms with van der Waals surface area (Å²) in [6, 6.07) is 21.5. The molecule has 1 aromatic heterocycles. The Bertz CT molecular complexity index is 1470. The van der Waals surface area contributed by atoms with Crippen molar-refractivity contribution in [2.45, 2.75) is 19.4 Å². The summed E-state index contributed by atoms with van der Waals surface area (Å²) >= 11 is 0. The lowest BCUT2D eigenvalue weighted by atomic mass is 9.92. The van der Waals surface area contributed by atoms with Crippen LogP contribution in [-0.2, 0) is 6.42 Å². The quantitative estimate of drug-likeness (QED) is 0.369. The number of furan rings is 1. The molecule has 3 aromatic carbocycles. The summed E-state index contributed by atoms with van der Waals surface area (Å²) in [5.41, 5.74) is 7.99. The first-order chi connectivity index (χ1) is 16.3. The van der Waals surface area contributed by atoms with Crippen molar-refractivity contribution < 1.29 is 4.42 Å². The highest BCUT2D eigenvalue weighted by Gasteiger charge is 2.27. The van der Waals surface area contributed by atoms with Gasteiger partial charge in [0.05, 0.1) is 11.7 Å². The van der Waals surface area contributed by atoms with Gasteiger partial charge in [-0.05, 0) is 36.3 Å². The number of hydrogen-bond donors (Lipinski definition) is 1. The largest absolute Gasteiger partial charge is 0.456 e. The fourth-order valence-electron chi connectivity index (χ4n) is 5.02. The topological polar surface area (TPSA) is 28.4 Å². The molecule has 1 N–H and O–H groups in total. The number of rotatable bonds is 4. The molecule has 1 atom stereocenters. The van der Waals surface area contributed by atoms with Crippen molar-refractivity contribution in [3.05, 3.63) is 120 Å². The van der Waals surface area contributed by atoms with Crippen LogP contribution in [0.15, 0.2) is 108 Å². The standard InChI is InChI=1S/C30H26N2O/c1-2-21-17-18-23-22-11-4-6-16-28(22)33-30(23)29(21)27-15-8-10-20-32(27)26-14-5-3-12-24(26)25-13-7-9-19-31-25/h3-18,20,27,31H,2,19H2,1H3. The Morgan fingerprint density at radius 3 is 2.70 bits per heavy atom. The average molecular weight is 431 g/mol. The molecule has 4 aromatic rings. The molecule has 0 aliphatic carbocycles. The van der Waals surface area contributed by atoms with E-state index < -0.39 is 0 Å². The van der Waals surface area contributed by atoms with Crippen molar-refractivity contribution in [2.75, 3.05) is 11.4 Å². The van der Waals surface area contributed by atoms with E-state index in [1.54, 1.807) is 0 Å². The van der Waals surface area contributed by atoms with Gasteiger partial charge in [-0.25, -0.2) is 0 Å². The number of hydrogen-bond acceptors (Lipinski definition) is 3. The highest BCUT2D eigenvalue weighted by Crippen LogP contribution is 2.42. The Balaban J connectivity index is 1.56. The summed E-state index contributed by atoms with van der Waals surface area (Å²) in [6.45, 7) is 3.06. The molecule has 1 unspecified atom stereocenters. The smallest absolute Gasteiger partial charge is 0.141 e. The summed E-state index contributed by atoms with van der Waals surface area (Å²) in [7, 11) is 0. The fourth-order valence-corrected chi connectivity index (χ4v) is 5.02. The van der Waals surface area contributed by atoms with Gasteiger partial charge in [-0.2, -0.15) is 0 Å². The average Bonchev–Trinajstić information content (AvgIpc) is 3.27. The first-order valence-electron chi connectivity index (χ1n) is 11.6. The van der Waals surface area contributed by atoms with Crippen LogP contribution in [-0.4, -0.2) is 6.54 Å². The van der Waals surface area contributed by atoms with Gasteiger partial charge in [0.2, 0.25) is 0 Å². The van der Waals surface area contributed by atoms with E-state index >= 15 is 0 Å². The Morgan fingerprint density at radius 2 is 1.82 bits per heavy atom. The van der Waals surface area contributed by atoms with Crippen LogP contribution in [0.25, 0.3) is 27.6 Å². The highest BCUT2D eigenvalue weighted by atomic mass is 16.3. The zero-order chi connectivity index (χ0) is 22.2. The fraction of sp³-hybridized carbons (Fsp3) is 0.133. The van der Waals surface area contributed by atoms with Crippen LogP contribution in [0.5, 0.6) is 0 Å². The van der Waals surface area contributed by atoms with E-state index in [2.05, 4.69) is 114 Å².